The summed E-state index contributed by atoms with van der Waals surface area (Å²) in [5.41, 5.74) is 0. The predicted octanol–water partition coefficient (Wildman–Crippen LogP) is 0.262. The van der Waals surface area contributed by atoms with Crippen molar-refractivity contribution in [3.8, 4) is 0 Å². The van der Waals surface area contributed by atoms with Gasteiger partial charge >= 0.3 is 12.0 Å². The lowest BCUT2D eigenvalue weighted by Crippen LogP contribution is -2.52. The molecule has 16 heavy (non-hydrogen) atoms. The van der Waals surface area contributed by atoms with Gasteiger partial charge in [-0.1, -0.05) is 6.92 Å². The molecule has 0 aromatic carbocycles. The lowest BCUT2D eigenvalue weighted by atomic mass is 10.2. The highest BCUT2D eigenvalue weighted by Crippen LogP contribution is 1.97. The second kappa shape index (κ2) is 7.05. The number of rotatable bonds is 6. The van der Waals surface area contributed by atoms with Crippen molar-refractivity contribution in [2.45, 2.75) is 39.3 Å². The zero-order chi connectivity index (χ0) is 12.7. The Hall–Kier alpha value is -1.30. The van der Waals surface area contributed by atoms with Crippen LogP contribution in [-0.2, 0) is 4.79 Å². The van der Waals surface area contributed by atoms with Crippen LogP contribution < -0.4 is 5.32 Å². The highest BCUT2D eigenvalue weighted by Gasteiger charge is 2.26. The average Bonchev–Trinajstić information content (AvgIpc) is 2.21. The second-order valence-electron chi connectivity index (χ2n) is 3.59. The number of carbonyl (C=O) groups is 2. The Kier molecular flexibility index (Phi) is 6.48. The largest absolute Gasteiger partial charge is 0.480 e. The van der Waals surface area contributed by atoms with E-state index in [1.54, 1.807) is 0 Å². The van der Waals surface area contributed by atoms with E-state index in [9.17, 15) is 14.7 Å². The second-order valence-corrected chi connectivity index (χ2v) is 3.59. The minimum Gasteiger partial charge on any atom is -0.480 e. The first-order chi connectivity index (χ1) is 7.43. The fraction of sp³-hybridized carbons (Fsp3) is 0.800. The van der Waals surface area contributed by atoms with E-state index in [4.69, 9.17) is 5.11 Å². The number of aliphatic hydroxyl groups excluding tert-OH is 1. The third-order valence-corrected chi connectivity index (χ3v) is 2.19. The molecule has 0 spiro atoms. The summed E-state index contributed by atoms with van der Waals surface area (Å²) in [6.45, 7) is 6.14. The molecule has 0 aromatic rings. The van der Waals surface area contributed by atoms with Crippen LogP contribution in [0.2, 0.25) is 0 Å². The number of carboxylic acid groups (broad SMARTS) is 1. The molecule has 0 bridgehead atoms. The zero-order valence-electron chi connectivity index (χ0n) is 9.93. The van der Waals surface area contributed by atoms with Gasteiger partial charge in [0.2, 0.25) is 0 Å². The van der Waals surface area contributed by atoms with Gasteiger partial charge in [-0.05, 0) is 20.3 Å². The molecular formula is C10H20N2O4. The lowest BCUT2D eigenvalue weighted by Gasteiger charge is -2.24. The van der Waals surface area contributed by atoms with Gasteiger partial charge in [-0.2, -0.15) is 0 Å². The summed E-state index contributed by atoms with van der Waals surface area (Å²) in [7, 11) is 0. The summed E-state index contributed by atoms with van der Waals surface area (Å²) < 4.78 is 0. The van der Waals surface area contributed by atoms with Crippen molar-refractivity contribution in [3.63, 3.8) is 0 Å². The van der Waals surface area contributed by atoms with Crippen molar-refractivity contribution in [1.82, 2.24) is 10.2 Å². The number of amides is 2. The Bertz CT molecular complexity index is 243. The average molecular weight is 232 g/mol. The Morgan fingerprint density at radius 1 is 1.38 bits per heavy atom. The molecule has 0 fully saturated rings. The molecule has 2 atom stereocenters. The molecule has 94 valence electrons. The van der Waals surface area contributed by atoms with Gasteiger partial charge in [0.25, 0.3) is 0 Å². The highest BCUT2D eigenvalue weighted by molar-refractivity contribution is 5.83. The van der Waals surface area contributed by atoms with Crippen LogP contribution >= 0.6 is 0 Å². The summed E-state index contributed by atoms with van der Waals surface area (Å²) in [6, 6.07) is -1.73. The van der Waals surface area contributed by atoms with Crippen LogP contribution in [0.1, 0.15) is 27.2 Å². The lowest BCUT2D eigenvalue weighted by molar-refractivity contribution is -0.141. The van der Waals surface area contributed by atoms with Gasteiger partial charge in [0.1, 0.15) is 0 Å². The first-order valence-corrected chi connectivity index (χ1v) is 5.40. The van der Waals surface area contributed by atoms with E-state index in [1.165, 1.54) is 11.8 Å². The fourth-order valence-electron chi connectivity index (χ4n) is 1.29. The van der Waals surface area contributed by atoms with Gasteiger partial charge in [-0.3, -0.25) is 0 Å². The Labute approximate surface area is 95.2 Å². The molecule has 0 aliphatic carbocycles. The highest BCUT2D eigenvalue weighted by atomic mass is 16.4. The molecule has 0 heterocycles. The minimum absolute atomic E-state index is 0.461. The number of carbonyl (C=O) groups excluding carboxylic acids is 1. The zero-order valence-corrected chi connectivity index (χ0v) is 9.93. The summed E-state index contributed by atoms with van der Waals surface area (Å²) >= 11 is 0. The van der Waals surface area contributed by atoms with E-state index in [2.05, 4.69) is 5.32 Å². The Balaban J connectivity index is 4.43. The first-order valence-electron chi connectivity index (χ1n) is 5.40. The van der Waals surface area contributed by atoms with Crippen LogP contribution in [0.15, 0.2) is 0 Å². The van der Waals surface area contributed by atoms with Crippen LogP contribution in [0.3, 0.4) is 0 Å². The van der Waals surface area contributed by atoms with E-state index in [-0.39, 0.29) is 0 Å². The number of hydrogen-bond acceptors (Lipinski definition) is 3. The molecule has 0 saturated heterocycles. The topological polar surface area (TPSA) is 89.9 Å². The number of urea groups is 1. The van der Waals surface area contributed by atoms with Gasteiger partial charge in [0, 0.05) is 13.1 Å². The number of hydrogen-bond donors (Lipinski definition) is 3. The van der Waals surface area contributed by atoms with E-state index < -0.39 is 24.1 Å². The van der Waals surface area contributed by atoms with Crippen LogP contribution in [0, 0.1) is 0 Å². The third kappa shape index (κ3) is 4.48. The van der Waals surface area contributed by atoms with Gasteiger partial charge in [0.15, 0.2) is 6.04 Å². The summed E-state index contributed by atoms with van der Waals surface area (Å²) in [5.74, 6) is -1.24. The Morgan fingerprint density at radius 2 is 1.94 bits per heavy atom. The quantitative estimate of drug-likeness (QED) is 0.613. The van der Waals surface area contributed by atoms with Crippen LogP contribution in [0.4, 0.5) is 4.79 Å². The Morgan fingerprint density at radius 3 is 2.25 bits per heavy atom. The molecule has 6 heteroatoms. The van der Waals surface area contributed by atoms with Crippen LogP contribution in [0.25, 0.3) is 0 Å². The van der Waals surface area contributed by atoms with Gasteiger partial charge < -0.3 is 20.4 Å². The van der Waals surface area contributed by atoms with Crippen molar-refractivity contribution in [1.29, 1.82) is 0 Å². The maximum atomic E-state index is 11.6. The van der Waals surface area contributed by atoms with Gasteiger partial charge in [-0.25, -0.2) is 9.59 Å². The summed E-state index contributed by atoms with van der Waals surface area (Å²) in [4.78, 5) is 23.9. The smallest absolute Gasteiger partial charge is 0.328 e. The molecule has 2 unspecified atom stereocenters. The normalized spacial score (nSPS) is 14.0. The maximum Gasteiger partial charge on any atom is 0.328 e. The van der Waals surface area contributed by atoms with Crippen LogP contribution in [-0.4, -0.2) is 52.3 Å². The SMILES string of the molecule is CCCN(CC)C(=O)NC(C(=O)O)C(C)O. The number of nitrogens with zero attached hydrogens (tertiary/aromatic N) is 1. The molecule has 0 rings (SSSR count). The minimum atomic E-state index is -1.27. The number of carboxylic acids is 1. The summed E-state index contributed by atoms with van der Waals surface area (Å²) in [5, 5.41) is 20.3. The monoisotopic (exact) mass is 232 g/mol. The third-order valence-electron chi connectivity index (χ3n) is 2.19. The van der Waals surface area contributed by atoms with Crippen molar-refractivity contribution >= 4 is 12.0 Å². The molecule has 2 amide bonds. The van der Waals surface area contributed by atoms with Crippen LogP contribution in [0.5, 0.6) is 0 Å². The van der Waals surface area contributed by atoms with E-state index in [0.29, 0.717) is 13.1 Å². The van der Waals surface area contributed by atoms with E-state index >= 15 is 0 Å². The predicted molar refractivity (Wildman–Crippen MR) is 59.2 cm³/mol. The molecule has 6 nitrogen and oxygen atoms in total. The van der Waals surface area contributed by atoms with Gasteiger partial charge in [-0.15, -0.1) is 0 Å². The molecule has 0 aliphatic rings. The summed E-state index contributed by atoms with van der Waals surface area (Å²) in [6.07, 6.45) is -0.324. The van der Waals surface area contributed by atoms with E-state index in [0.717, 1.165) is 6.42 Å². The van der Waals surface area contributed by atoms with E-state index in [1.807, 2.05) is 13.8 Å². The molecule has 0 aliphatic heterocycles. The van der Waals surface area contributed by atoms with Crippen molar-refractivity contribution in [2.75, 3.05) is 13.1 Å². The van der Waals surface area contributed by atoms with Gasteiger partial charge in [0.05, 0.1) is 6.10 Å². The van der Waals surface area contributed by atoms with Crippen molar-refractivity contribution in [3.05, 3.63) is 0 Å². The number of aliphatic hydroxyl groups is 1. The first kappa shape index (κ1) is 14.7. The number of aliphatic carboxylic acids is 1. The van der Waals surface area contributed by atoms with Crippen molar-refractivity contribution < 1.29 is 19.8 Å². The van der Waals surface area contributed by atoms with Crippen molar-refractivity contribution in [2.24, 2.45) is 0 Å². The fourth-order valence-corrected chi connectivity index (χ4v) is 1.29. The number of nitrogens with one attached hydrogen (secondary N) is 1. The molecule has 0 saturated carbocycles. The molecule has 3 N–H and O–H groups in total. The standard InChI is InChI=1S/C10H20N2O4/c1-4-6-12(5-2)10(16)11-8(7(3)13)9(14)15/h7-8,13H,4-6H2,1-3H3,(H,11,16)(H,14,15). The maximum absolute atomic E-state index is 11.6. The molecule has 0 radical (unpaired) electrons. The molecular weight excluding hydrogens is 212 g/mol. The molecule has 0 aromatic heterocycles.